The van der Waals surface area contributed by atoms with E-state index in [1.54, 1.807) is 42.5 Å². The fraction of sp³-hybridized carbons (Fsp3) is 0.0417. The molecule has 12 heteroatoms. The first-order valence-electron chi connectivity index (χ1n) is 10.2. The van der Waals surface area contributed by atoms with E-state index in [1.807, 2.05) is 0 Å². The molecule has 36 heavy (non-hydrogen) atoms. The second-order valence-corrected chi connectivity index (χ2v) is 8.85. The van der Waals surface area contributed by atoms with Gasteiger partial charge in [-0.3, -0.25) is 19.8 Å². The van der Waals surface area contributed by atoms with E-state index < -0.39 is 29.5 Å². The maximum Gasteiger partial charge on any atom is 0.416 e. The van der Waals surface area contributed by atoms with Crippen LogP contribution < -0.4 is 16.1 Å². The van der Waals surface area contributed by atoms with Gasteiger partial charge in [-0.1, -0.05) is 33.6 Å². The van der Waals surface area contributed by atoms with Gasteiger partial charge in [-0.15, -0.1) is 0 Å². The van der Waals surface area contributed by atoms with E-state index in [1.165, 1.54) is 12.1 Å². The van der Waals surface area contributed by atoms with Crippen molar-refractivity contribution in [3.05, 3.63) is 93.5 Å². The van der Waals surface area contributed by atoms with Gasteiger partial charge in [-0.2, -0.15) is 13.2 Å². The number of hydrogen-bond donors (Lipinski definition) is 3. The van der Waals surface area contributed by atoms with Gasteiger partial charge in [0, 0.05) is 26.3 Å². The van der Waals surface area contributed by atoms with E-state index in [0.717, 1.165) is 16.8 Å². The Morgan fingerprint density at radius 1 is 0.833 bits per heavy atom. The molecule has 0 saturated heterocycles. The highest BCUT2D eigenvalue weighted by atomic mass is 79.9. The van der Waals surface area contributed by atoms with Crippen LogP contribution in [0.2, 0.25) is 5.02 Å². The molecule has 4 rings (SSSR count). The maximum atomic E-state index is 13.0. The molecule has 3 amide bonds. The van der Waals surface area contributed by atoms with Gasteiger partial charge in [0.1, 0.15) is 5.69 Å². The number of aromatic nitrogens is 1. The quantitative estimate of drug-likeness (QED) is 0.258. The number of alkyl halides is 3. The standard InChI is InChI=1S/C24H15BrClF3N4O3/c25-15-4-9-19-13(10-15)11-20(21(34)30-17-7-5-16(26)6-8-17)33(19)32-23(36)22(35)31-18-3-1-2-14(12-18)24(27,28)29/h1-12H,(H,30,34)(H,31,35)(H,32,36). The smallest absolute Gasteiger partial charge is 0.321 e. The van der Waals surface area contributed by atoms with E-state index in [2.05, 4.69) is 32.0 Å². The van der Waals surface area contributed by atoms with E-state index in [-0.39, 0.29) is 11.4 Å². The lowest BCUT2D eigenvalue weighted by Gasteiger charge is -2.13. The Hall–Kier alpha value is -3.83. The Balaban J connectivity index is 1.60. The number of nitrogens with one attached hydrogen (secondary N) is 3. The number of hydrogen-bond acceptors (Lipinski definition) is 3. The summed E-state index contributed by atoms with van der Waals surface area (Å²) in [6, 6.07) is 16.7. The molecule has 0 radical (unpaired) electrons. The first kappa shape index (κ1) is 25.3. The van der Waals surface area contributed by atoms with Crippen LogP contribution in [0.4, 0.5) is 24.5 Å². The van der Waals surface area contributed by atoms with Gasteiger partial charge in [-0.25, -0.2) is 4.68 Å². The van der Waals surface area contributed by atoms with Gasteiger partial charge in [0.25, 0.3) is 5.91 Å². The Morgan fingerprint density at radius 3 is 2.25 bits per heavy atom. The van der Waals surface area contributed by atoms with Gasteiger partial charge in [0.2, 0.25) is 0 Å². The van der Waals surface area contributed by atoms with Crippen molar-refractivity contribution in [2.45, 2.75) is 6.18 Å². The number of carbonyl (C=O) groups excluding carboxylic acids is 3. The van der Waals surface area contributed by atoms with Gasteiger partial charge < -0.3 is 10.6 Å². The minimum Gasteiger partial charge on any atom is -0.321 e. The van der Waals surface area contributed by atoms with Gasteiger partial charge in [0.05, 0.1) is 11.1 Å². The molecule has 0 bridgehead atoms. The van der Waals surface area contributed by atoms with Crippen LogP contribution in [0.1, 0.15) is 16.1 Å². The predicted octanol–water partition coefficient (Wildman–Crippen LogP) is 6.04. The third-order valence-electron chi connectivity index (χ3n) is 4.97. The Morgan fingerprint density at radius 2 is 1.56 bits per heavy atom. The average Bonchev–Trinajstić information content (AvgIpc) is 3.17. The number of carbonyl (C=O) groups is 3. The van der Waals surface area contributed by atoms with Gasteiger partial charge in [0.15, 0.2) is 0 Å². The molecule has 7 nitrogen and oxygen atoms in total. The third-order valence-corrected chi connectivity index (χ3v) is 5.71. The average molecular weight is 580 g/mol. The Labute approximate surface area is 215 Å². The number of rotatable bonds is 4. The summed E-state index contributed by atoms with van der Waals surface area (Å²) in [5.74, 6) is -3.02. The number of nitrogens with zero attached hydrogens (tertiary/aromatic N) is 1. The molecule has 0 fully saturated rings. The van der Waals surface area contributed by atoms with E-state index >= 15 is 0 Å². The van der Waals surface area contributed by atoms with Crippen LogP contribution in [-0.4, -0.2) is 22.4 Å². The fourth-order valence-corrected chi connectivity index (χ4v) is 3.82. The SMILES string of the molecule is O=C(Nc1cccc(C(F)(F)F)c1)C(=O)Nn1c(C(=O)Nc2ccc(Cl)cc2)cc2cc(Br)ccc21. The minimum atomic E-state index is -4.62. The molecule has 3 aromatic carbocycles. The molecule has 0 atom stereocenters. The van der Waals surface area contributed by atoms with Crippen LogP contribution in [0.3, 0.4) is 0 Å². The highest BCUT2D eigenvalue weighted by Gasteiger charge is 2.30. The monoisotopic (exact) mass is 578 g/mol. The summed E-state index contributed by atoms with van der Waals surface area (Å²) in [6.45, 7) is 0. The van der Waals surface area contributed by atoms with Crippen LogP contribution in [0.15, 0.2) is 77.3 Å². The number of benzene rings is 3. The molecule has 0 saturated carbocycles. The molecular formula is C24H15BrClF3N4O3. The molecule has 0 aliphatic rings. The summed E-state index contributed by atoms with van der Waals surface area (Å²) in [4.78, 5) is 38.1. The first-order valence-corrected chi connectivity index (χ1v) is 11.4. The summed E-state index contributed by atoms with van der Waals surface area (Å²) < 4.78 is 40.7. The summed E-state index contributed by atoms with van der Waals surface area (Å²) in [7, 11) is 0. The van der Waals surface area contributed by atoms with Crippen LogP contribution in [0, 0.1) is 0 Å². The van der Waals surface area contributed by atoms with E-state index in [9.17, 15) is 27.6 Å². The van der Waals surface area contributed by atoms with Gasteiger partial charge in [-0.05, 0) is 66.7 Å². The molecule has 1 heterocycles. The highest BCUT2D eigenvalue weighted by Crippen LogP contribution is 2.30. The predicted molar refractivity (Wildman–Crippen MR) is 133 cm³/mol. The normalized spacial score (nSPS) is 11.2. The zero-order valence-electron chi connectivity index (χ0n) is 18.0. The summed E-state index contributed by atoms with van der Waals surface area (Å²) in [5.41, 5.74) is 1.98. The second-order valence-electron chi connectivity index (χ2n) is 7.50. The molecule has 0 spiro atoms. The molecule has 0 aliphatic carbocycles. The van der Waals surface area contributed by atoms with Crippen LogP contribution in [0.5, 0.6) is 0 Å². The largest absolute Gasteiger partial charge is 0.416 e. The van der Waals surface area contributed by atoms with Crippen LogP contribution >= 0.6 is 27.5 Å². The second kappa shape index (κ2) is 10.0. The third kappa shape index (κ3) is 5.69. The van der Waals surface area contributed by atoms with Crippen molar-refractivity contribution < 1.29 is 27.6 Å². The molecule has 4 aromatic rings. The highest BCUT2D eigenvalue weighted by molar-refractivity contribution is 9.10. The van der Waals surface area contributed by atoms with Crippen LogP contribution in [0.25, 0.3) is 10.9 Å². The van der Waals surface area contributed by atoms with E-state index in [0.29, 0.717) is 32.2 Å². The Kier molecular flexibility index (Phi) is 7.04. The number of halogens is 5. The summed E-state index contributed by atoms with van der Waals surface area (Å²) >= 11 is 9.21. The van der Waals surface area contributed by atoms with Crippen molar-refractivity contribution in [3.8, 4) is 0 Å². The molecule has 0 unspecified atom stereocenters. The van der Waals surface area contributed by atoms with Crippen molar-refractivity contribution in [2.75, 3.05) is 16.1 Å². The lowest BCUT2D eigenvalue weighted by atomic mass is 10.2. The fourth-order valence-electron chi connectivity index (χ4n) is 3.32. The number of amides is 3. The van der Waals surface area contributed by atoms with Crippen molar-refractivity contribution in [1.82, 2.24) is 4.68 Å². The number of anilines is 2. The molecule has 3 N–H and O–H groups in total. The van der Waals surface area contributed by atoms with Crippen molar-refractivity contribution in [2.24, 2.45) is 0 Å². The Bertz CT molecular complexity index is 1490. The summed E-state index contributed by atoms with van der Waals surface area (Å²) in [6.07, 6.45) is -4.62. The number of fused-ring (bicyclic) bond motifs is 1. The minimum absolute atomic E-state index is 0.00160. The van der Waals surface area contributed by atoms with Crippen molar-refractivity contribution in [3.63, 3.8) is 0 Å². The zero-order valence-corrected chi connectivity index (χ0v) is 20.3. The van der Waals surface area contributed by atoms with Gasteiger partial charge >= 0.3 is 18.0 Å². The first-order chi connectivity index (χ1) is 17.0. The van der Waals surface area contributed by atoms with E-state index in [4.69, 9.17) is 11.6 Å². The van der Waals surface area contributed by atoms with Crippen LogP contribution in [-0.2, 0) is 15.8 Å². The lowest BCUT2D eigenvalue weighted by Crippen LogP contribution is -2.36. The van der Waals surface area contributed by atoms with Crippen molar-refractivity contribution >= 4 is 67.5 Å². The molecule has 1 aromatic heterocycles. The zero-order chi connectivity index (χ0) is 26.0. The molecule has 0 aliphatic heterocycles. The molecule has 184 valence electrons. The van der Waals surface area contributed by atoms with Crippen molar-refractivity contribution in [1.29, 1.82) is 0 Å². The topological polar surface area (TPSA) is 92.2 Å². The summed E-state index contributed by atoms with van der Waals surface area (Å²) in [5, 5.41) is 5.86. The molecular weight excluding hydrogens is 565 g/mol. The lowest BCUT2D eigenvalue weighted by molar-refractivity contribution is -0.137. The maximum absolute atomic E-state index is 13.0.